The predicted octanol–water partition coefficient (Wildman–Crippen LogP) is 2.96. The molecule has 0 N–H and O–H groups in total. The number of carbonyl (C=O) groups excluding carboxylic acids is 1. The molecular formula is C14H15NO. The second-order valence-corrected chi connectivity index (χ2v) is 4.53. The number of hydrogen-bond acceptors (Lipinski definition) is 2. The van der Waals surface area contributed by atoms with Gasteiger partial charge in [0.05, 0.1) is 17.0 Å². The van der Waals surface area contributed by atoms with E-state index in [2.05, 4.69) is 6.07 Å². The van der Waals surface area contributed by atoms with Gasteiger partial charge in [-0.1, -0.05) is 25.0 Å². The molecule has 0 radical (unpaired) electrons. The molecule has 0 saturated heterocycles. The molecule has 2 nitrogen and oxygen atoms in total. The van der Waals surface area contributed by atoms with Gasteiger partial charge >= 0.3 is 0 Å². The van der Waals surface area contributed by atoms with E-state index in [4.69, 9.17) is 5.26 Å². The number of rotatable bonds is 2. The Hall–Kier alpha value is -1.62. The zero-order valence-electron chi connectivity index (χ0n) is 9.49. The highest BCUT2D eigenvalue weighted by molar-refractivity contribution is 5.88. The highest BCUT2D eigenvalue weighted by atomic mass is 16.1. The van der Waals surface area contributed by atoms with Crippen molar-refractivity contribution in [1.82, 2.24) is 0 Å². The lowest BCUT2D eigenvalue weighted by Crippen LogP contribution is -2.30. The number of nitrogens with zero attached hydrogens (tertiary/aromatic N) is 1. The molecular weight excluding hydrogens is 198 g/mol. The fourth-order valence-electron chi connectivity index (χ4n) is 2.69. The number of carbonyl (C=O) groups is 1. The molecule has 0 spiro atoms. The second kappa shape index (κ2) is 4.09. The molecule has 1 aromatic rings. The fraction of sp³-hybridized carbons (Fsp3) is 0.429. The van der Waals surface area contributed by atoms with Crippen LogP contribution in [-0.2, 0) is 10.2 Å². The van der Waals surface area contributed by atoms with Gasteiger partial charge in [-0.2, -0.15) is 5.26 Å². The minimum absolute atomic E-state index is 0.259. The highest BCUT2D eigenvalue weighted by Gasteiger charge is 2.39. The fourth-order valence-corrected chi connectivity index (χ4v) is 2.69. The van der Waals surface area contributed by atoms with Crippen LogP contribution in [0.25, 0.3) is 0 Å². The molecule has 1 aliphatic carbocycles. The van der Waals surface area contributed by atoms with Gasteiger partial charge in [-0.3, -0.25) is 4.79 Å². The van der Waals surface area contributed by atoms with E-state index in [0.29, 0.717) is 5.56 Å². The maximum absolute atomic E-state index is 11.9. The van der Waals surface area contributed by atoms with Gasteiger partial charge in [0, 0.05) is 0 Å². The zero-order chi connectivity index (χ0) is 11.6. The van der Waals surface area contributed by atoms with Gasteiger partial charge in [0.15, 0.2) is 0 Å². The molecule has 2 heteroatoms. The van der Waals surface area contributed by atoms with Crippen LogP contribution in [0.5, 0.6) is 0 Å². The van der Waals surface area contributed by atoms with Crippen LogP contribution in [0.15, 0.2) is 24.3 Å². The number of hydrogen-bond donors (Lipinski definition) is 0. The lowest BCUT2D eigenvalue weighted by molar-refractivity contribution is -0.122. The van der Waals surface area contributed by atoms with Crippen LogP contribution in [0.2, 0.25) is 0 Å². The van der Waals surface area contributed by atoms with Crippen molar-refractivity contribution in [3.05, 3.63) is 35.4 Å². The largest absolute Gasteiger partial charge is 0.299 e. The Morgan fingerprint density at radius 3 is 2.25 bits per heavy atom. The average Bonchev–Trinajstić information content (AvgIpc) is 2.79. The summed E-state index contributed by atoms with van der Waals surface area (Å²) in [5.74, 6) is 0.259. The summed E-state index contributed by atoms with van der Waals surface area (Å²) in [7, 11) is 0. The summed E-state index contributed by atoms with van der Waals surface area (Å²) in [5.41, 5.74) is 1.46. The molecule has 2 rings (SSSR count). The van der Waals surface area contributed by atoms with Crippen LogP contribution in [0, 0.1) is 11.3 Å². The summed E-state index contributed by atoms with van der Waals surface area (Å²) in [6.07, 6.45) is 4.15. The summed E-state index contributed by atoms with van der Waals surface area (Å²) in [6.45, 7) is 1.68. The molecule has 0 aliphatic heterocycles. The molecule has 0 heterocycles. The van der Waals surface area contributed by atoms with Crippen LogP contribution in [0.1, 0.15) is 43.7 Å². The molecule has 0 bridgehead atoms. The zero-order valence-corrected chi connectivity index (χ0v) is 9.49. The Kier molecular flexibility index (Phi) is 2.78. The van der Waals surface area contributed by atoms with E-state index >= 15 is 0 Å². The van der Waals surface area contributed by atoms with Crippen LogP contribution in [0.4, 0.5) is 0 Å². The van der Waals surface area contributed by atoms with E-state index in [0.717, 1.165) is 31.2 Å². The highest BCUT2D eigenvalue weighted by Crippen LogP contribution is 2.41. The average molecular weight is 213 g/mol. The van der Waals surface area contributed by atoms with Crippen molar-refractivity contribution in [3.63, 3.8) is 0 Å². The third kappa shape index (κ3) is 1.63. The summed E-state index contributed by atoms with van der Waals surface area (Å²) in [5, 5.41) is 8.75. The van der Waals surface area contributed by atoms with Gasteiger partial charge < -0.3 is 0 Å². The Balaban J connectivity index is 2.40. The molecule has 1 aromatic carbocycles. The van der Waals surface area contributed by atoms with E-state index in [1.54, 1.807) is 19.1 Å². The van der Waals surface area contributed by atoms with Gasteiger partial charge in [0.25, 0.3) is 0 Å². The van der Waals surface area contributed by atoms with E-state index in [-0.39, 0.29) is 11.2 Å². The Morgan fingerprint density at radius 1 is 1.25 bits per heavy atom. The van der Waals surface area contributed by atoms with Gasteiger partial charge in [-0.15, -0.1) is 0 Å². The van der Waals surface area contributed by atoms with Crippen LogP contribution in [0.3, 0.4) is 0 Å². The Bertz CT molecular complexity index is 433. The molecule has 1 fully saturated rings. The van der Waals surface area contributed by atoms with Crippen molar-refractivity contribution in [2.45, 2.75) is 38.0 Å². The number of Topliss-reactive ketones (excluding diaryl/α,β-unsaturated/α-hetero) is 1. The minimum atomic E-state index is -0.270. The standard InChI is InChI=1S/C14H15NO/c1-11(16)14(8-2-3-9-14)13-6-4-12(10-15)5-7-13/h4-7H,2-3,8-9H2,1H3. The first-order chi connectivity index (χ1) is 7.69. The topological polar surface area (TPSA) is 40.9 Å². The SMILES string of the molecule is CC(=O)C1(c2ccc(C#N)cc2)CCCC1. The van der Waals surface area contributed by atoms with Crippen molar-refractivity contribution in [2.24, 2.45) is 0 Å². The minimum Gasteiger partial charge on any atom is -0.299 e. The van der Waals surface area contributed by atoms with Gasteiger partial charge in [-0.05, 0) is 37.5 Å². The van der Waals surface area contributed by atoms with Crippen molar-refractivity contribution < 1.29 is 4.79 Å². The van der Waals surface area contributed by atoms with Gasteiger partial charge in [-0.25, -0.2) is 0 Å². The first-order valence-corrected chi connectivity index (χ1v) is 5.71. The third-order valence-corrected chi connectivity index (χ3v) is 3.70. The summed E-state index contributed by atoms with van der Waals surface area (Å²) in [4.78, 5) is 11.9. The van der Waals surface area contributed by atoms with E-state index in [1.165, 1.54) is 0 Å². The Morgan fingerprint density at radius 2 is 1.81 bits per heavy atom. The second-order valence-electron chi connectivity index (χ2n) is 4.53. The first kappa shape index (κ1) is 10.9. The van der Waals surface area contributed by atoms with Gasteiger partial charge in [0.1, 0.15) is 5.78 Å². The molecule has 82 valence electrons. The Labute approximate surface area is 95.9 Å². The normalized spacial score (nSPS) is 18.0. The third-order valence-electron chi connectivity index (χ3n) is 3.70. The van der Waals surface area contributed by atoms with Crippen molar-refractivity contribution in [2.75, 3.05) is 0 Å². The van der Waals surface area contributed by atoms with Crippen molar-refractivity contribution in [3.8, 4) is 6.07 Å². The smallest absolute Gasteiger partial charge is 0.140 e. The van der Waals surface area contributed by atoms with E-state index in [1.807, 2.05) is 12.1 Å². The predicted molar refractivity (Wildman–Crippen MR) is 62.0 cm³/mol. The van der Waals surface area contributed by atoms with Crippen LogP contribution in [-0.4, -0.2) is 5.78 Å². The molecule has 0 unspecified atom stereocenters. The van der Waals surface area contributed by atoms with Crippen molar-refractivity contribution in [1.29, 1.82) is 5.26 Å². The lowest BCUT2D eigenvalue weighted by atomic mass is 9.75. The quantitative estimate of drug-likeness (QED) is 0.757. The number of benzene rings is 1. The number of ketones is 1. The molecule has 0 atom stereocenters. The van der Waals surface area contributed by atoms with E-state index in [9.17, 15) is 4.79 Å². The molecule has 1 saturated carbocycles. The van der Waals surface area contributed by atoms with Crippen LogP contribution < -0.4 is 0 Å². The number of nitriles is 1. The maximum Gasteiger partial charge on any atom is 0.140 e. The van der Waals surface area contributed by atoms with E-state index < -0.39 is 0 Å². The molecule has 16 heavy (non-hydrogen) atoms. The monoisotopic (exact) mass is 213 g/mol. The molecule has 0 aromatic heterocycles. The molecule has 0 amide bonds. The summed E-state index contributed by atoms with van der Waals surface area (Å²) >= 11 is 0. The molecule has 1 aliphatic rings. The maximum atomic E-state index is 11.9. The lowest BCUT2D eigenvalue weighted by Gasteiger charge is -2.26. The summed E-state index contributed by atoms with van der Waals surface area (Å²) in [6, 6.07) is 9.58. The summed E-state index contributed by atoms with van der Waals surface area (Å²) < 4.78 is 0. The van der Waals surface area contributed by atoms with Crippen LogP contribution >= 0.6 is 0 Å². The first-order valence-electron chi connectivity index (χ1n) is 5.71. The van der Waals surface area contributed by atoms with Gasteiger partial charge in [0.2, 0.25) is 0 Å². The van der Waals surface area contributed by atoms with Crippen molar-refractivity contribution >= 4 is 5.78 Å².